The molecule has 3 aromatic carbocycles. The van der Waals surface area contributed by atoms with Gasteiger partial charge in [-0.25, -0.2) is 4.21 Å². The number of ether oxygens (including phenoxy) is 1. The van der Waals surface area contributed by atoms with Crippen molar-refractivity contribution in [1.29, 1.82) is 0 Å². The second kappa shape index (κ2) is 9.04. The number of anilines is 1. The molecule has 3 aromatic rings. The van der Waals surface area contributed by atoms with Crippen LogP contribution in [0.5, 0.6) is 5.75 Å². The molecule has 6 heteroatoms. The molecule has 1 amide bonds. The number of carbonyl (C=O) groups excluding carboxylic acids is 1. The second-order valence-corrected chi connectivity index (χ2v) is 8.80. The highest BCUT2D eigenvalue weighted by Crippen LogP contribution is 2.42. The number of carbonyl (C=O) groups is 1. The van der Waals surface area contributed by atoms with E-state index in [2.05, 4.69) is 5.32 Å². The molecule has 0 saturated heterocycles. The van der Waals surface area contributed by atoms with E-state index in [1.165, 1.54) is 0 Å². The van der Waals surface area contributed by atoms with E-state index in [0.717, 1.165) is 53.8 Å². The van der Waals surface area contributed by atoms with Crippen LogP contribution in [0.25, 0.3) is 11.1 Å². The molecule has 1 saturated carbocycles. The van der Waals surface area contributed by atoms with Gasteiger partial charge in [0.25, 0.3) is 0 Å². The third kappa shape index (κ3) is 4.40. The van der Waals surface area contributed by atoms with Crippen molar-refractivity contribution in [1.82, 2.24) is 0 Å². The van der Waals surface area contributed by atoms with Crippen LogP contribution in [-0.4, -0.2) is 21.8 Å². The molecule has 1 atom stereocenters. The first-order chi connectivity index (χ1) is 15.0. The molecule has 1 aliphatic carbocycles. The summed E-state index contributed by atoms with van der Waals surface area (Å²) in [6, 6.07) is 22.3. The van der Waals surface area contributed by atoms with Crippen LogP contribution in [0.1, 0.15) is 31.2 Å². The monoisotopic (exact) mass is 435 g/mol. The first kappa shape index (κ1) is 21.3. The van der Waals surface area contributed by atoms with Gasteiger partial charge in [0.1, 0.15) is 5.75 Å². The molecule has 0 aromatic heterocycles. The lowest BCUT2D eigenvalue weighted by molar-refractivity contribution is -0.121. The Bertz CT molecular complexity index is 1090. The first-order valence-corrected chi connectivity index (χ1v) is 11.4. The van der Waals surface area contributed by atoms with Crippen LogP contribution < -0.4 is 10.1 Å². The van der Waals surface area contributed by atoms with Crippen LogP contribution in [0.2, 0.25) is 0 Å². The van der Waals surface area contributed by atoms with Crippen LogP contribution in [0, 0.1) is 0 Å². The summed E-state index contributed by atoms with van der Waals surface area (Å²) in [4.78, 5) is 13.8. The summed E-state index contributed by atoms with van der Waals surface area (Å²) in [5.41, 5.74) is 3.06. The number of benzene rings is 3. The summed E-state index contributed by atoms with van der Waals surface area (Å²) in [7, 11) is 1.64. The summed E-state index contributed by atoms with van der Waals surface area (Å²) in [5, 5.41) is 3.13. The van der Waals surface area contributed by atoms with Crippen molar-refractivity contribution in [3.63, 3.8) is 0 Å². The number of nitrogens with one attached hydrogen (secondary N) is 1. The lowest BCUT2D eigenvalue weighted by Gasteiger charge is -2.28. The van der Waals surface area contributed by atoms with E-state index in [-0.39, 0.29) is 5.91 Å². The Hall–Kier alpha value is -2.96. The fourth-order valence-electron chi connectivity index (χ4n) is 4.33. The van der Waals surface area contributed by atoms with Gasteiger partial charge in [-0.1, -0.05) is 49.2 Å². The minimum absolute atomic E-state index is 0.0124. The lowest BCUT2D eigenvalue weighted by atomic mass is 9.78. The van der Waals surface area contributed by atoms with Crippen molar-refractivity contribution >= 4 is 22.7 Å². The van der Waals surface area contributed by atoms with Gasteiger partial charge in [-0.3, -0.25) is 4.79 Å². The predicted octanol–water partition coefficient (Wildman–Crippen LogP) is 5.39. The maximum absolute atomic E-state index is 13.5. The standard InChI is InChI=1S/C25H25NO4S/c1-30-22-11-9-20(10-12-22)25(15-2-3-16-25)24(27)26-21-6-4-5-19(17-21)18-7-13-23(14-8-18)31(28)29/h4-14,17H,2-3,15-16H2,1H3,(H,26,27)(H,28,29). The van der Waals surface area contributed by atoms with Crippen LogP contribution in [0.4, 0.5) is 5.69 Å². The van der Waals surface area contributed by atoms with E-state index in [9.17, 15) is 13.6 Å². The topological polar surface area (TPSA) is 75.6 Å². The molecule has 160 valence electrons. The Balaban J connectivity index is 1.58. The van der Waals surface area contributed by atoms with Gasteiger partial charge in [0.05, 0.1) is 17.4 Å². The van der Waals surface area contributed by atoms with Gasteiger partial charge in [0.15, 0.2) is 11.1 Å². The lowest BCUT2D eigenvalue weighted by Crippen LogP contribution is -2.37. The van der Waals surface area contributed by atoms with Crippen molar-refractivity contribution in [2.45, 2.75) is 36.0 Å². The minimum Gasteiger partial charge on any atom is -0.497 e. The van der Waals surface area contributed by atoms with E-state index in [0.29, 0.717) is 4.90 Å². The predicted molar refractivity (Wildman–Crippen MR) is 123 cm³/mol. The molecule has 4 rings (SSSR count). The second-order valence-electron chi connectivity index (χ2n) is 7.83. The molecule has 0 aliphatic heterocycles. The zero-order valence-corrected chi connectivity index (χ0v) is 18.2. The molecular weight excluding hydrogens is 410 g/mol. The normalized spacial score (nSPS) is 15.9. The van der Waals surface area contributed by atoms with Gasteiger partial charge >= 0.3 is 0 Å². The molecular formula is C25H25NO4S. The number of hydrogen-bond donors (Lipinski definition) is 2. The van der Waals surface area contributed by atoms with E-state index in [1.54, 1.807) is 31.4 Å². The van der Waals surface area contributed by atoms with Gasteiger partial charge in [-0.2, -0.15) is 0 Å². The van der Waals surface area contributed by atoms with Crippen molar-refractivity contribution in [3.8, 4) is 16.9 Å². The molecule has 0 bridgehead atoms. The third-order valence-corrected chi connectivity index (χ3v) is 6.72. The third-order valence-electron chi connectivity index (χ3n) is 6.04. The molecule has 1 unspecified atom stereocenters. The van der Waals surface area contributed by atoms with Gasteiger partial charge < -0.3 is 14.6 Å². The molecule has 0 heterocycles. The summed E-state index contributed by atoms with van der Waals surface area (Å²) in [6.45, 7) is 0. The average Bonchev–Trinajstić information content (AvgIpc) is 3.31. The SMILES string of the molecule is COc1ccc(C2(C(=O)Nc3cccc(-c4ccc(S(=O)O)cc4)c3)CCCC2)cc1. The molecule has 5 nitrogen and oxygen atoms in total. The molecule has 0 spiro atoms. The average molecular weight is 436 g/mol. The van der Waals surface area contributed by atoms with Crippen LogP contribution in [0.3, 0.4) is 0 Å². The number of amides is 1. The number of rotatable bonds is 6. The fourth-order valence-corrected chi connectivity index (χ4v) is 4.70. The Morgan fingerprint density at radius 1 is 0.968 bits per heavy atom. The Kier molecular flexibility index (Phi) is 6.20. The Morgan fingerprint density at radius 3 is 2.26 bits per heavy atom. The zero-order valence-electron chi connectivity index (χ0n) is 17.3. The van der Waals surface area contributed by atoms with Crippen molar-refractivity contribution in [3.05, 3.63) is 78.4 Å². The minimum atomic E-state index is -2.00. The van der Waals surface area contributed by atoms with Gasteiger partial charge in [0, 0.05) is 5.69 Å². The smallest absolute Gasteiger partial charge is 0.235 e. The van der Waals surface area contributed by atoms with Crippen molar-refractivity contribution in [2.75, 3.05) is 12.4 Å². The van der Waals surface area contributed by atoms with Crippen LogP contribution in [0.15, 0.2) is 77.7 Å². The van der Waals surface area contributed by atoms with Gasteiger partial charge in [-0.15, -0.1) is 0 Å². The van der Waals surface area contributed by atoms with E-state index >= 15 is 0 Å². The molecule has 1 aliphatic rings. The zero-order chi connectivity index (χ0) is 21.8. The highest BCUT2D eigenvalue weighted by molar-refractivity contribution is 7.79. The highest BCUT2D eigenvalue weighted by Gasteiger charge is 2.42. The van der Waals surface area contributed by atoms with Crippen LogP contribution in [-0.2, 0) is 21.3 Å². The number of hydrogen-bond acceptors (Lipinski definition) is 3. The molecule has 1 fully saturated rings. The maximum atomic E-state index is 13.5. The Morgan fingerprint density at radius 2 is 1.65 bits per heavy atom. The summed E-state index contributed by atoms with van der Waals surface area (Å²) in [6.07, 6.45) is 3.70. The van der Waals surface area contributed by atoms with Crippen LogP contribution >= 0.6 is 0 Å². The Labute approximate surface area is 184 Å². The summed E-state index contributed by atoms with van der Waals surface area (Å²) in [5.74, 6) is 0.791. The van der Waals surface area contributed by atoms with E-state index in [1.807, 2.05) is 48.5 Å². The van der Waals surface area contributed by atoms with E-state index in [4.69, 9.17) is 4.74 Å². The molecule has 31 heavy (non-hydrogen) atoms. The largest absolute Gasteiger partial charge is 0.497 e. The highest BCUT2D eigenvalue weighted by atomic mass is 32.2. The quantitative estimate of drug-likeness (QED) is 0.509. The number of methoxy groups -OCH3 is 1. The van der Waals surface area contributed by atoms with Gasteiger partial charge in [-0.05, 0) is 65.9 Å². The first-order valence-electron chi connectivity index (χ1n) is 10.3. The van der Waals surface area contributed by atoms with Gasteiger partial charge in [0.2, 0.25) is 5.91 Å². The van der Waals surface area contributed by atoms with E-state index < -0.39 is 16.5 Å². The van der Waals surface area contributed by atoms with Crippen molar-refractivity contribution < 1.29 is 18.3 Å². The fraction of sp³-hybridized carbons (Fsp3) is 0.240. The summed E-state index contributed by atoms with van der Waals surface area (Å²) < 4.78 is 25.7. The molecule has 0 radical (unpaired) electrons. The summed E-state index contributed by atoms with van der Waals surface area (Å²) >= 11 is -2.00. The maximum Gasteiger partial charge on any atom is 0.235 e. The van der Waals surface area contributed by atoms with Crippen molar-refractivity contribution in [2.24, 2.45) is 0 Å². The molecule has 2 N–H and O–H groups in total.